The van der Waals surface area contributed by atoms with E-state index in [0.717, 1.165) is 9.32 Å². The minimum atomic E-state index is -1.01. The molecule has 5 nitrogen and oxygen atoms in total. The van der Waals surface area contributed by atoms with Crippen molar-refractivity contribution in [3.8, 4) is 0 Å². The second-order valence-electron chi connectivity index (χ2n) is 3.59. The van der Waals surface area contributed by atoms with E-state index in [-0.39, 0.29) is 11.5 Å². The number of hydrogen-bond acceptors (Lipinski definition) is 4. The van der Waals surface area contributed by atoms with Crippen LogP contribution in [0.1, 0.15) is 10.4 Å². The molecule has 0 spiro atoms. The van der Waals surface area contributed by atoms with Gasteiger partial charge in [-0.15, -0.1) is 11.8 Å². The summed E-state index contributed by atoms with van der Waals surface area (Å²) >= 11 is 3.52. The Morgan fingerprint density at radius 2 is 2.21 bits per heavy atom. The molecule has 2 N–H and O–H groups in total. The van der Waals surface area contributed by atoms with Crippen LogP contribution < -0.4 is 5.32 Å². The molecule has 1 aromatic rings. The molecule has 0 heterocycles. The van der Waals surface area contributed by atoms with E-state index < -0.39 is 5.97 Å². The van der Waals surface area contributed by atoms with Crippen molar-refractivity contribution in [3.05, 3.63) is 27.3 Å². The van der Waals surface area contributed by atoms with Crippen molar-refractivity contribution in [1.82, 2.24) is 0 Å². The van der Waals surface area contributed by atoms with Crippen molar-refractivity contribution >= 4 is 51.9 Å². The number of hydrogen-bond donors (Lipinski definition) is 2. The van der Waals surface area contributed by atoms with Gasteiger partial charge in [-0.05, 0) is 40.8 Å². The lowest BCUT2D eigenvalue weighted by Gasteiger charge is -2.08. The van der Waals surface area contributed by atoms with Crippen LogP contribution in [0.25, 0.3) is 0 Å². The second-order valence-corrected chi connectivity index (χ2v) is 5.86. The molecule has 0 aliphatic carbocycles. The van der Waals surface area contributed by atoms with Gasteiger partial charge in [0.25, 0.3) is 0 Å². The Morgan fingerprint density at radius 3 is 2.84 bits per heavy atom. The van der Waals surface area contributed by atoms with Crippen LogP contribution >= 0.6 is 34.4 Å². The Morgan fingerprint density at radius 1 is 1.47 bits per heavy atom. The topological polar surface area (TPSA) is 75.6 Å². The number of carbonyl (C=O) groups excluding carboxylic acids is 1. The van der Waals surface area contributed by atoms with Gasteiger partial charge in [-0.25, -0.2) is 4.79 Å². The molecule has 0 atom stereocenters. The molecule has 0 saturated carbocycles. The first-order valence-electron chi connectivity index (χ1n) is 5.44. The van der Waals surface area contributed by atoms with Crippen molar-refractivity contribution in [2.75, 3.05) is 30.5 Å². The first kappa shape index (κ1) is 16.3. The highest BCUT2D eigenvalue weighted by atomic mass is 127. The minimum Gasteiger partial charge on any atom is -0.478 e. The molecule has 19 heavy (non-hydrogen) atoms. The summed E-state index contributed by atoms with van der Waals surface area (Å²) in [5.74, 6) is -0.102. The first-order valence-corrected chi connectivity index (χ1v) is 7.67. The Hall–Kier alpha value is -0.800. The Bertz CT molecular complexity index is 467. The number of carboxylic acid groups (broad SMARTS) is 1. The Kier molecular flexibility index (Phi) is 7.17. The van der Waals surface area contributed by atoms with Crippen LogP contribution in [0.5, 0.6) is 0 Å². The number of carboxylic acids is 1. The van der Waals surface area contributed by atoms with Crippen LogP contribution in [-0.2, 0) is 9.53 Å². The first-order chi connectivity index (χ1) is 9.04. The smallest absolute Gasteiger partial charge is 0.335 e. The summed E-state index contributed by atoms with van der Waals surface area (Å²) < 4.78 is 5.69. The van der Waals surface area contributed by atoms with Crippen LogP contribution in [0.15, 0.2) is 18.2 Å². The Balaban J connectivity index is 2.58. The number of amides is 1. The highest BCUT2D eigenvalue weighted by molar-refractivity contribution is 14.1. The van der Waals surface area contributed by atoms with E-state index in [1.807, 2.05) is 0 Å². The lowest BCUT2D eigenvalue weighted by atomic mass is 10.2. The number of anilines is 1. The molecular formula is C12H14INO4S. The van der Waals surface area contributed by atoms with Crippen LogP contribution in [0.4, 0.5) is 5.69 Å². The molecule has 0 aliphatic heterocycles. The number of nitrogens with one attached hydrogen (secondary N) is 1. The largest absolute Gasteiger partial charge is 0.478 e. The monoisotopic (exact) mass is 395 g/mol. The van der Waals surface area contributed by atoms with Crippen LogP contribution in [0.2, 0.25) is 0 Å². The predicted molar refractivity (Wildman–Crippen MR) is 83.9 cm³/mol. The van der Waals surface area contributed by atoms with Gasteiger partial charge in [0.15, 0.2) is 0 Å². The Labute approximate surface area is 129 Å². The molecule has 0 aliphatic rings. The fourth-order valence-electron chi connectivity index (χ4n) is 1.25. The number of ether oxygens (including phenoxy) is 1. The predicted octanol–water partition coefficient (Wildman–Crippen LogP) is 2.31. The number of methoxy groups -OCH3 is 1. The third kappa shape index (κ3) is 5.79. The third-order valence-electron chi connectivity index (χ3n) is 2.15. The molecule has 1 rings (SSSR count). The summed E-state index contributed by atoms with van der Waals surface area (Å²) in [5, 5.41) is 11.6. The van der Waals surface area contributed by atoms with Crippen LogP contribution in [0, 0.1) is 3.57 Å². The van der Waals surface area contributed by atoms with Crippen molar-refractivity contribution in [2.45, 2.75) is 0 Å². The molecular weight excluding hydrogens is 381 g/mol. The van der Waals surface area contributed by atoms with Gasteiger partial charge in [-0.1, -0.05) is 0 Å². The third-order valence-corrected chi connectivity index (χ3v) is 4.01. The molecule has 0 unspecified atom stereocenters. The van der Waals surface area contributed by atoms with Gasteiger partial charge in [0, 0.05) is 16.4 Å². The van der Waals surface area contributed by atoms with Crippen molar-refractivity contribution in [1.29, 1.82) is 0 Å². The van der Waals surface area contributed by atoms with Crippen molar-refractivity contribution < 1.29 is 19.4 Å². The molecule has 1 amide bonds. The number of benzene rings is 1. The van der Waals surface area contributed by atoms with E-state index >= 15 is 0 Å². The maximum absolute atomic E-state index is 11.7. The van der Waals surface area contributed by atoms with E-state index in [1.165, 1.54) is 23.9 Å². The van der Waals surface area contributed by atoms with Gasteiger partial charge in [-0.2, -0.15) is 0 Å². The maximum Gasteiger partial charge on any atom is 0.335 e. The lowest BCUT2D eigenvalue weighted by molar-refractivity contribution is -0.113. The van der Waals surface area contributed by atoms with Crippen molar-refractivity contribution in [3.63, 3.8) is 0 Å². The van der Waals surface area contributed by atoms with Crippen molar-refractivity contribution in [2.24, 2.45) is 0 Å². The highest BCUT2D eigenvalue weighted by Gasteiger charge is 2.09. The fourth-order valence-corrected chi connectivity index (χ4v) is 2.40. The van der Waals surface area contributed by atoms with Gasteiger partial charge in [0.05, 0.1) is 23.6 Å². The lowest BCUT2D eigenvalue weighted by Crippen LogP contribution is -2.16. The van der Waals surface area contributed by atoms with E-state index in [2.05, 4.69) is 27.9 Å². The van der Waals surface area contributed by atoms with Crippen LogP contribution in [-0.4, -0.2) is 42.2 Å². The minimum absolute atomic E-state index is 0.151. The van der Waals surface area contributed by atoms with Gasteiger partial charge < -0.3 is 15.2 Å². The summed E-state index contributed by atoms with van der Waals surface area (Å²) in [4.78, 5) is 22.5. The average Bonchev–Trinajstić information content (AvgIpc) is 2.37. The maximum atomic E-state index is 11.7. The van der Waals surface area contributed by atoms with Gasteiger partial charge in [0.2, 0.25) is 5.91 Å². The molecule has 104 valence electrons. The van der Waals surface area contributed by atoms with E-state index in [4.69, 9.17) is 9.84 Å². The van der Waals surface area contributed by atoms with E-state index in [1.54, 1.807) is 13.2 Å². The zero-order valence-corrected chi connectivity index (χ0v) is 13.3. The molecule has 0 bridgehead atoms. The SMILES string of the molecule is COCCSCC(=O)Nc1cc(C(=O)O)ccc1I. The number of thioether (sulfide) groups is 1. The molecule has 1 aromatic carbocycles. The summed E-state index contributed by atoms with van der Waals surface area (Å²) in [6.45, 7) is 0.601. The van der Waals surface area contributed by atoms with Gasteiger partial charge in [-0.3, -0.25) is 4.79 Å². The van der Waals surface area contributed by atoms with Gasteiger partial charge >= 0.3 is 5.97 Å². The zero-order chi connectivity index (χ0) is 14.3. The fraction of sp³-hybridized carbons (Fsp3) is 0.333. The van der Waals surface area contributed by atoms with E-state index in [0.29, 0.717) is 18.0 Å². The molecule has 0 saturated heterocycles. The zero-order valence-electron chi connectivity index (χ0n) is 10.3. The molecule has 0 aromatic heterocycles. The summed E-state index contributed by atoms with van der Waals surface area (Å²) in [6, 6.07) is 4.63. The molecule has 7 heteroatoms. The standard InChI is InChI=1S/C12H14INO4S/c1-18-4-5-19-7-11(15)14-10-6-8(12(16)17)2-3-9(10)13/h2-3,6H,4-5,7H2,1H3,(H,14,15)(H,16,17). The quantitative estimate of drug-likeness (QED) is 0.548. The molecule has 0 radical (unpaired) electrons. The van der Waals surface area contributed by atoms with Crippen LogP contribution in [0.3, 0.4) is 0 Å². The number of halogens is 1. The highest BCUT2D eigenvalue weighted by Crippen LogP contribution is 2.20. The number of aromatic carboxylic acids is 1. The summed E-state index contributed by atoms with van der Waals surface area (Å²) in [6.07, 6.45) is 0. The number of rotatable bonds is 7. The number of carbonyl (C=O) groups is 2. The molecule has 0 fully saturated rings. The van der Waals surface area contributed by atoms with Gasteiger partial charge in [0.1, 0.15) is 0 Å². The average molecular weight is 395 g/mol. The second kappa shape index (κ2) is 8.39. The summed E-state index contributed by atoms with van der Waals surface area (Å²) in [5.41, 5.74) is 0.681. The summed E-state index contributed by atoms with van der Waals surface area (Å²) in [7, 11) is 1.61. The normalized spacial score (nSPS) is 10.2. The van der Waals surface area contributed by atoms with E-state index in [9.17, 15) is 9.59 Å².